The topological polar surface area (TPSA) is 47.9 Å². The molecule has 130 valence electrons. The molecule has 0 spiro atoms. The Bertz CT molecular complexity index is 1070. The maximum atomic E-state index is 5.37. The van der Waals surface area contributed by atoms with Gasteiger partial charge in [-0.3, -0.25) is 0 Å². The molecule has 0 N–H and O–H groups in total. The Kier molecular flexibility index (Phi) is 5.23. The van der Waals surface area contributed by atoms with E-state index in [-0.39, 0.29) is 0 Å². The van der Waals surface area contributed by atoms with Crippen molar-refractivity contribution in [1.29, 1.82) is 0 Å². The van der Waals surface area contributed by atoms with E-state index in [9.17, 15) is 0 Å². The van der Waals surface area contributed by atoms with Crippen LogP contribution < -0.4 is 15.3 Å². The van der Waals surface area contributed by atoms with Crippen LogP contribution in [0.15, 0.2) is 49.0 Å². The van der Waals surface area contributed by atoms with E-state index in [0.717, 1.165) is 39.0 Å². The Morgan fingerprint density at radius 1 is 0.962 bits per heavy atom. The fourth-order valence-electron chi connectivity index (χ4n) is 2.79. The minimum absolute atomic E-state index is 0.588. The van der Waals surface area contributed by atoms with Crippen LogP contribution in [-0.2, 0) is 0 Å². The van der Waals surface area contributed by atoms with Crippen LogP contribution >= 0.6 is 0 Å². The molecule has 4 nitrogen and oxygen atoms in total. The molecule has 0 fully saturated rings. The summed E-state index contributed by atoms with van der Waals surface area (Å²) in [7, 11) is 1.66. The van der Waals surface area contributed by atoms with Gasteiger partial charge in [0, 0.05) is 10.8 Å². The summed E-state index contributed by atoms with van der Waals surface area (Å²) in [4.78, 5) is 14.1. The van der Waals surface area contributed by atoms with Crippen LogP contribution in [0.25, 0.3) is 41.0 Å². The number of nitrogens with zero attached hydrogens (tertiary/aromatic N) is 3. The third-order valence-corrected chi connectivity index (χ3v) is 4.09. The van der Waals surface area contributed by atoms with E-state index in [0.29, 0.717) is 5.82 Å². The van der Waals surface area contributed by atoms with E-state index in [1.807, 2.05) is 68.5 Å². The summed E-state index contributed by atoms with van der Waals surface area (Å²) in [6, 6.07) is 13.6. The Morgan fingerprint density at radius 3 is 2.46 bits per heavy atom. The van der Waals surface area contributed by atoms with Gasteiger partial charge in [0.2, 0.25) is 0 Å². The molecule has 0 saturated carbocycles. The molecule has 2 heterocycles. The lowest BCUT2D eigenvalue weighted by Gasteiger charge is -2.08. The van der Waals surface area contributed by atoms with E-state index in [4.69, 9.17) is 14.7 Å². The molecule has 1 aromatic carbocycles. The maximum absolute atomic E-state index is 5.37. The number of methoxy groups -OCH3 is 1. The van der Waals surface area contributed by atoms with Gasteiger partial charge in [-0.2, -0.15) is 0 Å². The highest BCUT2D eigenvalue weighted by Gasteiger charge is 2.10. The van der Waals surface area contributed by atoms with Crippen molar-refractivity contribution in [2.45, 2.75) is 13.8 Å². The lowest BCUT2D eigenvalue weighted by molar-refractivity contribution is 0.415. The normalized spacial score (nSPS) is 12.3. The Hall–Kier alpha value is -3.27. The zero-order valence-electron chi connectivity index (χ0n) is 15.2. The first-order valence-corrected chi connectivity index (χ1v) is 8.45. The Morgan fingerprint density at radius 2 is 1.77 bits per heavy atom. The highest BCUT2D eigenvalue weighted by Crippen LogP contribution is 2.21. The second kappa shape index (κ2) is 7.74. The molecule has 0 amide bonds. The predicted molar refractivity (Wildman–Crippen MR) is 107 cm³/mol. The van der Waals surface area contributed by atoms with Gasteiger partial charge in [-0.15, -0.1) is 0 Å². The quantitative estimate of drug-likeness (QED) is 0.728. The summed E-state index contributed by atoms with van der Waals surface area (Å²) in [5.74, 6) is 1.38. The molecule has 0 aliphatic rings. The lowest BCUT2D eigenvalue weighted by atomic mass is 10.1. The SMILES string of the molecule is C=Cc1cccc(-c2nc(-c3cccc(OC)c3)c(=C/C)/c(=C\C)n2)n1. The van der Waals surface area contributed by atoms with Gasteiger partial charge < -0.3 is 4.74 Å². The highest BCUT2D eigenvalue weighted by molar-refractivity contribution is 5.66. The van der Waals surface area contributed by atoms with Crippen molar-refractivity contribution in [3.05, 3.63) is 65.3 Å². The molecule has 4 heteroatoms. The standard InChI is InChI=1S/C22H21N3O/c1-5-16-11-9-13-20(23-16)22-24-19(7-3)18(6-2)21(25-22)15-10-8-12-17(14-15)26-4/h5-14H,1H2,2-4H3/b18-6+,19-7+. The fraction of sp³-hybridized carbons (Fsp3) is 0.136. The second-order valence-electron chi connectivity index (χ2n) is 5.66. The molecule has 0 saturated heterocycles. The summed E-state index contributed by atoms with van der Waals surface area (Å²) in [6.07, 6.45) is 5.73. The van der Waals surface area contributed by atoms with Crippen molar-refractivity contribution in [3.63, 3.8) is 0 Å². The average molecular weight is 343 g/mol. The molecule has 3 aromatic rings. The fourth-order valence-corrected chi connectivity index (χ4v) is 2.79. The van der Waals surface area contributed by atoms with Gasteiger partial charge in [-0.05, 0) is 44.2 Å². The Labute approximate surface area is 153 Å². The van der Waals surface area contributed by atoms with Gasteiger partial charge in [0.15, 0.2) is 5.82 Å². The first kappa shape index (κ1) is 17.5. The molecule has 0 atom stereocenters. The van der Waals surface area contributed by atoms with Crippen LogP contribution in [0.2, 0.25) is 0 Å². The third-order valence-electron chi connectivity index (χ3n) is 4.09. The monoisotopic (exact) mass is 343 g/mol. The van der Waals surface area contributed by atoms with Gasteiger partial charge in [-0.25, -0.2) is 15.0 Å². The van der Waals surface area contributed by atoms with E-state index >= 15 is 0 Å². The van der Waals surface area contributed by atoms with Crippen LogP contribution in [0.5, 0.6) is 5.75 Å². The molecule has 0 radical (unpaired) electrons. The van der Waals surface area contributed by atoms with Crippen molar-refractivity contribution in [3.8, 4) is 28.5 Å². The predicted octanol–water partition coefficient (Wildman–Crippen LogP) is 3.46. The zero-order valence-corrected chi connectivity index (χ0v) is 15.2. The minimum atomic E-state index is 0.588. The summed E-state index contributed by atoms with van der Waals surface area (Å²) in [5.41, 5.74) is 3.35. The van der Waals surface area contributed by atoms with Gasteiger partial charge in [0.05, 0.1) is 23.8 Å². The lowest BCUT2D eigenvalue weighted by Crippen LogP contribution is -2.31. The van der Waals surface area contributed by atoms with Gasteiger partial charge in [0.25, 0.3) is 0 Å². The van der Waals surface area contributed by atoms with Crippen LogP contribution in [-0.4, -0.2) is 22.1 Å². The average Bonchev–Trinajstić information content (AvgIpc) is 2.72. The molecule has 0 aliphatic carbocycles. The minimum Gasteiger partial charge on any atom is -0.497 e. The van der Waals surface area contributed by atoms with Gasteiger partial charge in [0.1, 0.15) is 11.4 Å². The largest absolute Gasteiger partial charge is 0.497 e. The maximum Gasteiger partial charge on any atom is 0.179 e. The first-order valence-electron chi connectivity index (χ1n) is 8.45. The number of hydrogen-bond donors (Lipinski definition) is 0. The van der Waals surface area contributed by atoms with E-state index in [1.165, 1.54) is 0 Å². The molecule has 0 bridgehead atoms. The number of ether oxygens (including phenoxy) is 1. The van der Waals surface area contributed by atoms with Crippen LogP contribution in [0, 0.1) is 0 Å². The van der Waals surface area contributed by atoms with Crippen molar-refractivity contribution in [2.75, 3.05) is 7.11 Å². The van der Waals surface area contributed by atoms with E-state index in [1.54, 1.807) is 13.2 Å². The molecular weight excluding hydrogens is 322 g/mol. The number of pyridine rings is 1. The smallest absolute Gasteiger partial charge is 0.179 e. The zero-order chi connectivity index (χ0) is 18.5. The highest BCUT2D eigenvalue weighted by atomic mass is 16.5. The van der Waals surface area contributed by atoms with Gasteiger partial charge in [-0.1, -0.05) is 36.9 Å². The summed E-state index contributed by atoms with van der Waals surface area (Å²) in [6.45, 7) is 7.75. The first-order chi connectivity index (χ1) is 12.7. The number of benzene rings is 1. The van der Waals surface area contributed by atoms with Crippen molar-refractivity contribution >= 4 is 18.2 Å². The third kappa shape index (κ3) is 3.40. The molecule has 26 heavy (non-hydrogen) atoms. The van der Waals surface area contributed by atoms with Crippen molar-refractivity contribution < 1.29 is 4.74 Å². The molecule has 3 rings (SSSR count). The van der Waals surface area contributed by atoms with Crippen LogP contribution in [0.3, 0.4) is 0 Å². The number of aromatic nitrogens is 3. The number of hydrogen-bond acceptors (Lipinski definition) is 4. The summed E-state index contributed by atoms with van der Waals surface area (Å²) >= 11 is 0. The van der Waals surface area contributed by atoms with Gasteiger partial charge >= 0.3 is 0 Å². The number of rotatable bonds is 4. The van der Waals surface area contributed by atoms with E-state index < -0.39 is 0 Å². The molecule has 2 aromatic heterocycles. The summed E-state index contributed by atoms with van der Waals surface area (Å²) < 4.78 is 5.37. The van der Waals surface area contributed by atoms with E-state index in [2.05, 4.69) is 11.6 Å². The summed E-state index contributed by atoms with van der Waals surface area (Å²) in [5, 5.41) is 1.87. The van der Waals surface area contributed by atoms with Crippen LogP contribution in [0.4, 0.5) is 0 Å². The van der Waals surface area contributed by atoms with Crippen molar-refractivity contribution in [1.82, 2.24) is 15.0 Å². The van der Waals surface area contributed by atoms with Crippen LogP contribution in [0.1, 0.15) is 19.5 Å². The van der Waals surface area contributed by atoms with Crippen molar-refractivity contribution in [2.24, 2.45) is 0 Å². The molecule has 0 unspecified atom stereocenters. The molecular formula is C22H21N3O. The molecule has 0 aliphatic heterocycles. The Balaban J connectivity index is 2.31. The second-order valence-corrected chi connectivity index (χ2v) is 5.66.